The number of nitrogens with one attached hydrogen (secondary N) is 1. The van der Waals surface area contributed by atoms with Crippen LogP contribution >= 0.6 is 0 Å². The number of nitro groups is 1. The molecule has 2 rings (SSSR count). The number of piperazine rings is 1. The van der Waals surface area contributed by atoms with Crippen LogP contribution in [0.25, 0.3) is 0 Å². The zero-order chi connectivity index (χ0) is 13.1. The van der Waals surface area contributed by atoms with Crippen LogP contribution in [-0.4, -0.2) is 51.2 Å². The zero-order valence-electron chi connectivity index (χ0n) is 10.1. The van der Waals surface area contributed by atoms with Crippen molar-refractivity contribution in [1.29, 1.82) is 0 Å². The van der Waals surface area contributed by atoms with Gasteiger partial charge in [-0.3, -0.25) is 19.6 Å². The van der Waals surface area contributed by atoms with Crippen molar-refractivity contribution in [2.24, 2.45) is 0 Å². The van der Waals surface area contributed by atoms with Gasteiger partial charge in [-0.2, -0.15) is 5.10 Å². The summed E-state index contributed by atoms with van der Waals surface area (Å²) in [6, 6.07) is 0.273. The molecule has 8 heteroatoms. The van der Waals surface area contributed by atoms with Gasteiger partial charge in [0.25, 0.3) is 0 Å². The van der Waals surface area contributed by atoms with Crippen LogP contribution in [0.4, 0.5) is 5.69 Å². The second kappa shape index (κ2) is 5.13. The second-order valence-electron chi connectivity index (χ2n) is 4.35. The molecule has 1 aliphatic rings. The summed E-state index contributed by atoms with van der Waals surface area (Å²) in [7, 11) is 0. The molecule has 0 aliphatic carbocycles. The van der Waals surface area contributed by atoms with Crippen molar-refractivity contribution in [3.05, 3.63) is 22.5 Å². The van der Waals surface area contributed by atoms with E-state index in [2.05, 4.69) is 10.4 Å². The molecule has 0 aromatic carbocycles. The molecule has 8 nitrogen and oxygen atoms in total. The van der Waals surface area contributed by atoms with E-state index in [0.717, 1.165) is 12.7 Å². The van der Waals surface area contributed by atoms with Gasteiger partial charge in [-0.25, -0.2) is 0 Å². The monoisotopic (exact) mass is 253 g/mol. The molecule has 1 unspecified atom stereocenters. The van der Waals surface area contributed by atoms with E-state index in [4.69, 9.17) is 0 Å². The average Bonchev–Trinajstić information content (AvgIpc) is 2.77. The Balaban J connectivity index is 1.95. The maximum atomic E-state index is 12.0. The highest BCUT2D eigenvalue weighted by molar-refractivity contribution is 5.76. The maximum Gasteiger partial charge on any atom is 0.307 e. The van der Waals surface area contributed by atoms with Gasteiger partial charge in [0.2, 0.25) is 5.91 Å². The number of aromatic nitrogens is 2. The Hall–Kier alpha value is -1.96. The summed E-state index contributed by atoms with van der Waals surface area (Å²) in [5.74, 6) is -0.0682. The standard InChI is InChI=1S/C10H15N5O3/c1-8-5-13(3-2-11-8)10(16)7-14-6-9(4-12-14)15(17)18/h4,6,8,11H,2-3,5,7H2,1H3. The summed E-state index contributed by atoms with van der Waals surface area (Å²) in [5, 5.41) is 17.5. The lowest BCUT2D eigenvalue weighted by molar-refractivity contribution is -0.385. The fourth-order valence-electron chi connectivity index (χ4n) is 1.93. The van der Waals surface area contributed by atoms with Crippen molar-refractivity contribution >= 4 is 11.6 Å². The molecule has 1 saturated heterocycles. The topological polar surface area (TPSA) is 93.3 Å². The number of hydrogen-bond donors (Lipinski definition) is 1. The van der Waals surface area contributed by atoms with E-state index in [-0.39, 0.29) is 24.2 Å². The molecule has 98 valence electrons. The second-order valence-corrected chi connectivity index (χ2v) is 4.35. The predicted octanol–water partition coefficient (Wildman–Crippen LogP) is -0.388. The van der Waals surface area contributed by atoms with Gasteiger partial charge in [0.15, 0.2) is 0 Å². The summed E-state index contributed by atoms with van der Waals surface area (Å²) in [6.45, 7) is 4.14. The quantitative estimate of drug-likeness (QED) is 0.585. The van der Waals surface area contributed by atoms with E-state index in [1.54, 1.807) is 4.90 Å². The molecular weight excluding hydrogens is 238 g/mol. The number of hydrogen-bond acceptors (Lipinski definition) is 5. The molecule has 1 aromatic heterocycles. The minimum Gasteiger partial charge on any atom is -0.338 e. The molecule has 1 aliphatic heterocycles. The molecule has 2 heterocycles. The van der Waals surface area contributed by atoms with Crippen molar-refractivity contribution < 1.29 is 9.72 Å². The molecule has 1 atom stereocenters. The normalized spacial score (nSPS) is 19.8. The fraction of sp³-hybridized carbons (Fsp3) is 0.600. The molecule has 1 N–H and O–H groups in total. The van der Waals surface area contributed by atoms with E-state index in [1.807, 2.05) is 6.92 Å². The first kappa shape index (κ1) is 12.5. The van der Waals surface area contributed by atoms with Gasteiger partial charge in [-0.05, 0) is 6.92 Å². The Morgan fingerprint density at radius 1 is 1.72 bits per heavy atom. The summed E-state index contributed by atoms with van der Waals surface area (Å²) in [6.07, 6.45) is 2.41. The Morgan fingerprint density at radius 2 is 2.50 bits per heavy atom. The lowest BCUT2D eigenvalue weighted by atomic mass is 10.2. The maximum absolute atomic E-state index is 12.0. The minimum atomic E-state index is -0.527. The molecule has 1 aromatic rings. The molecule has 18 heavy (non-hydrogen) atoms. The molecule has 1 amide bonds. The van der Waals surface area contributed by atoms with Gasteiger partial charge >= 0.3 is 5.69 Å². The van der Waals surface area contributed by atoms with Crippen molar-refractivity contribution in [1.82, 2.24) is 20.0 Å². The van der Waals surface area contributed by atoms with Crippen LogP contribution in [0.5, 0.6) is 0 Å². The third kappa shape index (κ3) is 2.83. The highest BCUT2D eigenvalue weighted by Crippen LogP contribution is 2.08. The van der Waals surface area contributed by atoms with Gasteiger partial charge in [0.05, 0.1) is 4.92 Å². The van der Waals surface area contributed by atoms with Gasteiger partial charge in [-0.1, -0.05) is 0 Å². The predicted molar refractivity (Wildman–Crippen MR) is 62.9 cm³/mol. The Bertz CT molecular complexity index is 458. The lowest BCUT2D eigenvalue weighted by Gasteiger charge is -2.31. The van der Waals surface area contributed by atoms with Crippen LogP contribution in [0, 0.1) is 10.1 Å². The summed E-state index contributed by atoms with van der Waals surface area (Å²) < 4.78 is 1.30. The minimum absolute atomic E-state index is 0.0422. The molecule has 0 saturated carbocycles. The van der Waals surface area contributed by atoms with Crippen LogP contribution in [-0.2, 0) is 11.3 Å². The number of nitrogens with zero attached hydrogens (tertiary/aromatic N) is 4. The molecule has 0 radical (unpaired) electrons. The SMILES string of the molecule is CC1CN(C(=O)Cn2cc([N+](=O)[O-])cn2)CCN1. The van der Waals surface area contributed by atoms with Gasteiger partial charge in [0, 0.05) is 25.7 Å². The number of amides is 1. The number of rotatable bonds is 3. The van der Waals surface area contributed by atoms with Crippen LogP contribution in [0.3, 0.4) is 0 Å². The lowest BCUT2D eigenvalue weighted by Crippen LogP contribution is -2.52. The number of carbonyl (C=O) groups is 1. The molecule has 0 bridgehead atoms. The van der Waals surface area contributed by atoms with E-state index in [9.17, 15) is 14.9 Å². The number of carbonyl (C=O) groups excluding carboxylic acids is 1. The van der Waals surface area contributed by atoms with Gasteiger partial charge < -0.3 is 10.2 Å². The average molecular weight is 253 g/mol. The smallest absolute Gasteiger partial charge is 0.307 e. The van der Waals surface area contributed by atoms with Gasteiger partial charge in [-0.15, -0.1) is 0 Å². The van der Waals surface area contributed by atoms with Crippen LogP contribution in [0.15, 0.2) is 12.4 Å². The first-order valence-corrected chi connectivity index (χ1v) is 5.74. The van der Waals surface area contributed by atoms with Crippen LogP contribution in [0.2, 0.25) is 0 Å². The molecule has 1 fully saturated rings. The van der Waals surface area contributed by atoms with Crippen molar-refractivity contribution in [3.8, 4) is 0 Å². The molecule has 0 spiro atoms. The zero-order valence-corrected chi connectivity index (χ0v) is 10.1. The van der Waals surface area contributed by atoms with E-state index >= 15 is 0 Å². The van der Waals surface area contributed by atoms with E-state index in [0.29, 0.717) is 13.1 Å². The van der Waals surface area contributed by atoms with E-state index < -0.39 is 4.92 Å². The fourth-order valence-corrected chi connectivity index (χ4v) is 1.93. The van der Waals surface area contributed by atoms with Gasteiger partial charge in [0.1, 0.15) is 18.9 Å². The highest BCUT2D eigenvalue weighted by Gasteiger charge is 2.21. The Labute approximate surface area is 104 Å². The molecular formula is C10H15N5O3. The summed E-state index contributed by atoms with van der Waals surface area (Å²) in [4.78, 5) is 23.7. The summed E-state index contributed by atoms with van der Waals surface area (Å²) in [5.41, 5.74) is -0.100. The summed E-state index contributed by atoms with van der Waals surface area (Å²) >= 11 is 0. The first-order valence-electron chi connectivity index (χ1n) is 5.74. The van der Waals surface area contributed by atoms with Crippen molar-refractivity contribution in [2.45, 2.75) is 19.5 Å². The third-order valence-corrected chi connectivity index (χ3v) is 2.85. The third-order valence-electron chi connectivity index (χ3n) is 2.85. The van der Waals surface area contributed by atoms with Crippen LogP contribution < -0.4 is 5.32 Å². The Morgan fingerprint density at radius 3 is 3.11 bits per heavy atom. The highest BCUT2D eigenvalue weighted by atomic mass is 16.6. The Kier molecular flexibility index (Phi) is 3.56. The largest absolute Gasteiger partial charge is 0.338 e. The van der Waals surface area contributed by atoms with Crippen LogP contribution in [0.1, 0.15) is 6.92 Å². The first-order chi connectivity index (χ1) is 8.56. The van der Waals surface area contributed by atoms with Crippen molar-refractivity contribution in [3.63, 3.8) is 0 Å². The van der Waals surface area contributed by atoms with Crippen molar-refractivity contribution in [2.75, 3.05) is 19.6 Å². The van der Waals surface area contributed by atoms with E-state index in [1.165, 1.54) is 10.9 Å².